The lowest BCUT2D eigenvalue weighted by atomic mass is 10.1. The summed E-state index contributed by atoms with van der Waals surface area (Å²) in [7, 11) is 0. The first-order chi connectivity index (χ1) is 13.7. The molecular formula is C20H24FN7O. The van der Waals surface area contributed by atoms with Crippen LogP contribution in [0.1, 0.15) is 38.2 Å². The standard InChI is InChI=1S/C20H24FN7O/c1-5-28-11-10-15(27-28)18(29)23-19(24-20(2,3)4)22-17-12-16(25-26-17)13-6-8-14(21)9-7-13/h6-12H,5H2,1-4H3,(H3,22,23,24,25,26,29). The Balaban J connectivity index is 1.78. The lowest BCUT2D eigenvalue weighted by Gasteiger charge is -2.16. The molecule has 8 nitrogen and oxygen atoms in total. The number of halogens is 1. The number of aromatic nitrogens is 4. The average Bonchev–Trinajstić information content (AvgIpc) is 3.30. The van der Waals surface area contributed by atoms with E-state index in [0.717, 1.165) is 5.56 Å². The molecule has 0 aliphatic rings. The van der Waals surface area contributed by atoms with E-state index in [0.29, 0.717) is 23.8 Å². The van der Waals surface area contributed by atoms with Crippen LogP contribution < -0.4 is 10.6 Å². The molecule has 3 aromatic rings. The molecule has 29 heavy (non-hydrogen) atoms. The van der Waals surface area contributed by atoms with E-state index < -0.39 is 5.54 Å². The summed E-state index contributed by atoms with van der Waals surface area (Å²) in [5.74, 6) is 0.0406. The quantitative estimate of drug-likeness (QED) is 0.464. The monoisotopic (exact) mass is 397 g/mol. The molecule has 0 saturated carbocycles. The van der Waals surface area contributed by atoms with E-state index >= 15 is 0 Å². The molecule has 0 radical (unpaired) electrons. The van der Waals surface area contributed by atoms with Crippen molar-refractivity contribution in [2.75, 3.05) is 5.32 Å². The highest BCUT2D eigenvalue weighted by Crippen LogP contribution is 2.20. The summed E-state index contributed by atoms with van der Waals surface area (Å²) in [5, 5.41) is 17.1. The highest BCUT2D eigenvalue weighted by molar-refractivity contribution is 6.09. The summed E-state index contributed by atoms with van der Waals surface area (Å²) in [4.78, 5) is 17.1. The third-order valence-electron chi connectivity index (χ3n) is 3.86. The number of anilines is 1. The average molecular weight is 397 g/mol. The largest absolute Gasteiger partial charge is 0.309 e. The second-order valence-electron chi connectivity index (χ2n) is 7.44. The fraction of sp³-hybridized carbons (Fsp3) is 0.300. The number of aryl methyl sites for hydroxylation is 1. The molecule has 0 aliphatic heterocycles. The molecule has 3 rings (SSSR count). The Labute approximate surface area is 168 Å². The minimum absolute atomic E-state index is 0.255. The zero-order valence-electron chi connectivity index (χ0n) is 16.8. The van der Waals surface area contributed by atoms with E-state index in [9.17, 15) is 9.18 Å². The number of hydrogen-bond donors (Lipinski definition) is 3. The number of aliphatic imine (C=N–C) groups is 1. The molecular weight excluding hydrogens is 373 g/mol. The summed E-state index contributed by atoms with van der Waals surface area (Å²) in [5.41, 5.74) is 1.35. The minimum atomic E-state index is -0.436. The summed E-state index contributed by atoms with van der Waals surface area (Å²) in [6.07, 6.45) is 1.74. The van der Waals surface area contributed by atoms with Crippen LogP contribution in [0, 0.1) is 5.82 Å². The van der Waals surface area contributed by atoms with Crippen LogP contribution in [0.2, 0.25) is 0 Å². The van der Waals surface area contributed by atoms with E-state index in [-0.39, 0.29) is 17.7 Å². The van der Waals surface area contributed by atoms with Gasteiger partial charge in [0, 0.05) is 18.8 Å². The first kappa shape index (κ1) is 20.2. The fourth-order valence-electron chi connectivity index (χ4n) is 2.54. The van der Waals surface area contributed by atoms with Crippen LogP contribution in [0.5, 0.6) is 0 Å². The van der Waals surface area contributed by atoms with Gasteiger partial charge in [-0.1, -0.05) is 0 Å². The van der Waals surface area contributed by atoms with E-state index in [1.807, 2.05) is 27.7 Å². The third kappa shape index (κ3) is 5.50. The fourth-order valence-corrected chi connectivity index (χ4v) is 2.54. The van der Waals surface area contributed by atoms with E-state index in [1.54, 1.807) is 35.1 Å². The number of nitrogens with zero attached hydrogens (tertiary/aromatic N) is 4. The van der Waals surface area contributed by atoms with Crippen LogP contribution in [0.15, 0.2) is 47.6 Å². The van der Waals surface area contributed by atoms with Gasteiger partial charge in [0.05, 0.1) is 11.2 Å². The number of hydrogen-bond acceptors (Lipinski definition) is 4. The summed E-state index contributed by atoms with van der Waals surface area (Å²) in [6.45, 7) is 8.37. The summed E-state index contributed by atoms with van der Waals surface area (Å²) < 4.78 is 14.8. The van der Waals surface area contributed by atoms with Crippen molar-refractivity contribution in [2.45, 2.75) is 39.8 Å². The van der Waals surface area contributed by atoms with Gasteiger partial charge in [-0.25, -0.2) is 9.38 Å². The Morgan fingerprint density at radius 3 is 2.59 bits per heavy atom. The van der Waals surface area contributed by atoms with Crippen molar-refractivity contribution in [3.8, 4) is 11.3 Å². The van der Waals surface area contributed by atoms with Crippen molar-refractivity contribution in [2.24, 2.45) is 4.99 Å². The molecule has 0 bridgehead atoms. The first-order valence-electron chi connectivity index (χ1n) is 9.26. The van der Waals surface area contributed by atoms with Crippen LogP contribution in [0.3, 0.4) is 0 Å². The number of nitrogens with one attached hydrogen (secondary N) is 3. The number of benzene rings is 1. The van der Waals surface area contributed by atoms with Crippen LogP contribution in [-0.4, -0.2) is 37.4 Å². The van der Waals surface area contributed by atoms with Gasteiger partial charge in [-0.15, -0.1) is 0 Å². The molecule has 152 valence electrons. The molecule has 2 heterocycles. The van der Waals surface area contributed by atoms with Gasteiger partial charge in [0.15, 0.2) is 11.5 Å². The molecule has 0 atom stereocenters. The molecule has 2 aromatic heterocycles. The van der Waals surface area contributed by atoms with E-state index in [4.69, 9.17) is 0 Å². The van der Waals surface area contributed by atoms with Gasteiger partial charge in [-0.3, -0.25) is 19.9 Å². The molecule has 0 unspecified atom stereocenters. The van der Waals surface area contributed by atoms with Crippen LogP contribution in [0.25, 0.3) is 11.3 Å². The number of carbonyl (C=O) groups is 1. The van der Waals surface area contributed by atoms with E-state index in [1.165, 1.54) is 12.1 Å². The van der Waals surface area contributed by atoms with Crippen molar-refractivity contribution in [1.29, 1.82) is 0 Å². The predicted molar refractivity (Wildman–Crippen MR) is 110 cm³/mol. The van der Waals surface area contributed by atoms with Crippen molar-refractivity contribution < 1.29 is 9.18 Å². The van der Waals surface area contributed by atoms with Gasteiger partial charge < -0.3 is 5.32 Å². The zero-order valence-corrected chi connectivity index (χ0v) is 16.8. The lowest BCUT2D eigenvalue weighted by molar-refractivity contribution is 0.0971. The Hall–Kier alpha value is -3.49. The van der Waals surface area contributed by atoms with Gasteiger partial charge in [-0.2, -0.15) is 10.2 Å². The van der Waals surface area contributed by atoms with Crippen molar-refractivity contribution >= 4 is 17.7 Å². The van der Waals surface area contributed by atoms with Gasteiger partial charge in [-0.05, 0) is 63.6 Å². The zero-order chi connectivity index (χ0) is 21.0. The topological polar surface area (TPSA) is 100.0 Å². The Kier molecular flexibility index (Phi) is 5.76. The smallest absolute Gasteiger partial charge is 0.278 e. The number of carbonyl (C=O) groups excluding carboxylic acids is 1. The predicted octanol–water partition coefficient (Wildman–Crippen LogP) is 3.43. The number of guanidine groups is 1. The van der Waals surface area contributed by atoms with Crippen LogP contribution >= 0.6 is 0 Å². The Morgan fingerprint density at radius 1 is 1.24 bits per heavy atom. The van der Waals surface area contributed by atoms with Crippen molar-refractivity contribution in [1.82, 2.24) is 25.3 Å². The maximum Gasteiger partial charge on any atom is 0.278 e. The molecule has 0 spiro atoms. The van der Waals surface area contributed by atoms with Crippen molar-refractivity contribution in [3.05, 3.63) is 54.1 Å². The molecule has 0 fully saturated rings. The Bertz CT molecular complexity index is 1010. The summed E-state index contributed by atoms with van der Waals surface area (Å²) >= 11 is 0. The minimum Gasteiger partial charge on any atom is -0.309 e. The molecule has 0 aliphatic carbocycles. The number of aromatic amines is 1. The number of rotatable bonds is 4. The molecule has 9 heteroatoms. The SMILES string of the molecule is CCn1ccc(C(=O)NC(=NC(C)(C)C)Nc2cc(-c3ccc(F)cc3)[nH]n2)n1. The second-order valence-corrected chi connectivity index (χ2v) is 7.44. The molecule has 3 N–H and O–H groups in total. The second kappa shape index (κ2) is 8.26. The molecule has 1 amide bonds. The highest BCUT2D eigenvalue weighted by Gasteiger charge is 2.17. The maximum absolute atomic E-state index is 13.1. The van der Waals surface area contributed by atoms with Gasteiger partial charge in [0.2, 0.25) is 5.96 Å². The van der Waals surface area contributed by atoms with Gasteiger partial charge >= 0.3 is 0 Å². The molecule has 1 aromatic carbocycles. The van der Waals surface area contributed by atoms with Gasteiger partial charge in [0.25, 0.3) is 5.91 Å². The highest BCUT2D eigenvalue weighted by atomic mass is 19.1. The van der Waals surface area contributed by atoms with Crippen LogP contribution in [0.4, 0.5) is 10.2 Å². The maximum atomic E-state index is 13.1. The number of H-pyrrole nitrogens is 1. The van der Waals surface area contributed by atoms with Gasteiger partial charge in [0.1, 0.15) is 5.82 Å². The lowest BCUT2D eigenvalue weighted by Crippen LogP contribution is -2.38. The number of amides is 1. The molecule has 0 saturated heterocycles. The first-order valence-corrected chi connectivity index (χ1v) is 9.26. The Morgan fingerprint density at radius 2 is 1.97 bits per heavy atom. The third-order valence-corrected chi connectivity index (χ3v) is 3.86. The summed E-state index contributed by atoms with van der Waals surface area (Å²) in [6, 6.07) is 9.47. The van der Waals surface area contributed by atoms with Crippen molar-refractivity contribution in [3.63, 3.8) is 0 Å². The van der Waals surface area contributed by atoms with E-state index in [2.05, 4.69) is 30.9 Å². The van der Waals surface area contributed by atoms with Crippen LogP contribution in [-0.2, 0) is 6.54 Å². The normalized spacial score (nSPS) is 12.1.